The topological polar surface area (TPSA) is 196 Å². The Hall–Kier alpha value is -2.96. The Morgan fingerprint density at radius 3 is 2.71 bits per heavy atom. The van der Waals surface area contributed by atoms with Crippen molar-refractivity contribution in [1.82, 2.24) is 15.5 Å². The number of methoxy groups -OCH3 is 1. The summed E-state index contributed by atoms with van der Waals surface area (Å²) in [7, 11) is 1.49. The monoisotopic (exact) mass is 435 g/mol. The first-order chi connectivity index (χ1) is 14.6. The lowest BCUT2D eigenvalue weighted by Gasteiger charge is -2.39. The number of carboxylic acid groups (broad SMARTS) is 1. The van der Waals surface area contributed by atoms with E-state index in [9.17, 15) is 19.2 Å². The number of aliphatic carboxylic acids is 1. The molecule has 12 heteroatoms. The van der Waals surface area contributed by atoms with Crippen molar-refractivity contribution < 1.29 is 33.8 Å². The summed E-state index contributed by atoms with van der Waals surface area (Å²) in [6.07, 6.45) is -0.928. The second-order valence-electron chi connectivity index (χ2n) is 8.08. The number of carboxylic acids is 1. The summed E-state index contributed by atoms with van der Waals surface area (Å²) >= 11 is 0. The molecule has 1 amide bonds. The maximum Gasteiger partial charge on any atom is 0.404 e. The van der Waals surface area contributed by atoms with E-state index in [4.69, 9.17) is 26.0 Å². The third-order valence-corrected chi connectivity index (χ3v) is 6.50. The first kappa shape index (κ1) is 21.3. The Labute approximate surface area is 177 Å². The number of ether oxygens (including phenoxy) is 2. The van der Waals surface area contributed by atoms with E-state index >= 15 is 0 Å². The van der Waals surface area contributed by atoms with Crippen molar-refractivity contribution >= 4 is 23.6 Å². The molecule has 12 nitrogen and oxygen atoms in total. The first-order valence-corrected chi connectivity index (χ1v) is 9.92. The van der Waals surface area contributed by atoms with E-state index in [1.807, 2.05) is 0 Å². The van der Waals surface area contributed by atoms with Gasteiger partial charge in [0.2, 0.25) is 11.6 Å². The van der Waals surface area contributed by atoms with Gasteiger partial charge in [-0.3, -0.25) is 14.4 Å². The van der Waals surface area contributed by atoms with Crippen molar-refractivity contribution in [3.63, 3.8) is 0 Å². The van der Waals surface area contributed by atoms with Gasteiger partial charge in [0, 0.05) is 37.4 Å². The maximum atomic E-state index is 13.5. The van der Waals surface area contributed by atoms with Crippen LogP contribution >= 0.6 is 0 Å². The van der Waals surface area contributed by atoms with Crippen LogP contribution in [0.3, 0.4) is 0 Å². The minimum absolute atomic E-state index is 0.0650. The Bertz CT molecular complexity index is 944. The standard InChI is InChI=1S/C19H25N5O7/c1-7-12(22-4-3-9(20)17(27)28)15(26)11-8(6-31-18(21)29)19(30-2)16-10(23-16)5-24(19)13(11)14(7)25/h8-10,16,22-23H,3-6,20H2,1-2H3,(H2,21,29)(H,27,28)/t8?,9?,10?,16?,19-/m1/s1. The summed E-state index contributed by atoms with van der Waals surface area (Å²) < 4.78 is 10.9. The molecule has 7 N–H and O–H groups in total. The second kappa shape index (κ2) is 7.32. The Balaban J connectivity index is 1.66. The molecule has 0 saturated carbocycles. The molecule has 0 aromatic carbocycles. The number of hydrogen-bond acceptors (Lipinski definition) is 10. The number of allylic oxidation sites excluding steroid dienone is 2. The van der Waals surface area contributed by atoms with E-state index in [-0.39, 0.29) is 60.0 Å². The van der Waals surface area contributed by atoms with Gasteiger partial charge in [-0.2, -0.15) is 0 Å². The number of ketones is 2. The molecule has 0 aromatic heterocycles. The Kier molecular flexibility index (Phi) is 5.03. The Morgan fingerprint density at radius 2 is 2.10 bits per heavy atom. The summed E-state index contributed by atoms with van der Waals surface area (Å²) in [6.45, 7) is 1.89. The van der Waals surface area contributed by atoms with Crippen LogP contribution in [0, 0.1) is 5.92 Å². The SMILES string of the molecule is CO[C@@]12C(COC(N)=O)C3=C(C(=O)C(C)=C(NCCC(N)C(=O)O)C3=O)N1CC1NC12. The molecule has 0 aromatic rings. The van der Waals surface area contributed by atoms with Crippen molar-refractivity contribution in [3.05, 3.63) is 22.5 Å². The van der Waals surface area contributed by atoms with E-state index in [1.54, 1.807) is 11.8 Å². The van der Waals surface area contributed by atoms with Gasteiger partial charge in [-0.25, -0.2) is 4.79 Å². The smallest absolute Gasteiger partial charge is 0.404 e. The van der Waals surface area contributed by atoms with Crippen LogP contribution in [-0.2, 0) is 23.9 Å². The van der Waals surface area contributed by atoms with Gasteiger partial charge in [0.1, 0.15) is 12.6 Å². The van der Waals surface area contributed by atoms with Crippen LogP contribution < -0.4 is 22.1 Å². The van der Waals surface area contributed by atoms with Gasteiger partial charge in [-0.1, -0.05) is 0 Å². The summed E-state index contributed by atoms with van der Waals surface area (Å²) in [6, 6.07) is -1.12. The Morgan fingerprint density at radius 1 is 1.39 bits per heavy atom. The number of rotatable bonds is 8. The van der Waals surface area contributed by atoms with Crippen LogP contribution in [0.15, 0.2) is 22.5 Å². The largest absolute Gasteiger partial charge is 0.480 e. The van der Waals surface area contributed by atoms with Gasteiger partial charge in [-0.05, 0) is 13.3 Å². The molecule has 0 bridgehead atoms. The third-order valence-electron chi connectivity index (χ3n) is 6.50. The lowest BCUT2D eigenvalue weighted by atomic mass is 9.82. The molecule has 3 aliphatic heterocycles. The number of hydrogen-bond donors (Lipinski definition) is 5. The molecule has 5 atom stereocenters. The number of primary amides is 1. The minimum Gasteiger partial charge on any atom is -0.480 e. The minimum atomic E-state index is -1.16. The number of piperazine rings is 1. The molecule has 1 aliphatic carbocycles. The molecule has 4 unspecified atom stereocenters. The first-order valence-electron chi connectivity index (χ1n) is 9.92. The normalized spacial score (nSPS) is 32.0. The van der Waals surface area contributed by atoms with Crippen molar-refractivity contribution in [1.29, 1.82) is 0 Å². The van der Waals surface area contributed by atoms with Gasteiger partial charge < -0.3 is 41.6 Å². The van der Waals surface area contributed by atoms with Crippen molar-refractivity contribution in [2.24, 2.45) is 17.4 Å². The fraction of sp³-hybridized carbons (Fsp3) is 0.579. The fourth-order valence-corrected chi connectivity index (χ4v) is 4.98. The van der Waals surface area contributed by atoms with Gasteiger partial charge in [0.25, 0.3) is 0 Å². The van der Waals surface area contributed by atoms with Crippen molar-refractivity contribution in [2.45, 2.75) is 37.2 Å². The van der Waals surface area contributed by atoms with E-state index in [0.29, 0.717) is 6.54 Å². The van der Waals surface area contributed by atoms with E-state index in [2.05, 4.69) is 10.6 Å². The molecule has 168 valence electrons. The van der Waals surface area contributed by atoms with Gasteiger partial charge in [0.05, 0.1) is 23.4 Å². The molecule has 3 heterocycles. The molecule has 31 heavy (non-hydrogen) atoms. The highest BCUT2D eigenvalue weighted by atomic mass is 16.6. The number of amides is 1. The number of fused-ring (bicyclic) bond motifs is 4. The molecule has 2 saturated heterocycles. The molecular formula is C19H25N5O7. The van der Waals surface area contributed by atoms with Gasteiger partial charge in [0.15, 0.2) is 5.72 Å². The van der Waals surface area contributed by atoms with Crippen molar-refractivity contribution in [2.75, 3.05) is 26.8 Å². The van der Waals surface area contributed by atoms with E-state index in [1.165, 1.54) is 7.11 Å². The molecular weight excluding hydrogens is 410 g/mol. The number of nitrogens with one attached hydrogen (secondary N) is 2. The van der Waals surface area contributed by atoms with Crippen LogP contribution in [-0.4, -0.2) is 84.3 Å². The second-order valence-corrected chi connectivity index (χ2v) is 8.08. The van der Waals surface area contributed by atoms with E-state index in [0.717, 1.165) is 0 Å². The number of carbonyl (C=O) groups is 4. The number of nitrogens with zero attached hydrogens (tertiary/aromatic N) is 1. The quantitative estimate of drug-likeness (QED) is 0.205. The zero-order valence-corrected chi connectivity index (χ0v) is 17.1. The predicted molar refractivity (Wildman–Crippen MR) is 104 cm³/mol. The molecule has 4 rings (SSSR count). The molecule has 0 radical (unpaired) electrons. The third kappa shape index (κ3) is 3.01. The molecule has 0 spiro atoms. The lowest BCUT2D eigenvalue weighted by molar-refractivity contribution is -0.138. The summed E-state index contributed by atoms with van der Waals surface area (Å²) in [4.78, 5) is 50.8. The highest BCUT2D eigenvalue weighted by Gasteiger charge is 2.72. The van der Waals surface area contributed by atoms with Crippen LogP contribution in [0.5, 0.6) is 0 Å². The highest BCUT2D eigenvalue weighted by Crippen LogP contribution is 2.55. The average molecular weight is 435 g/mol. The summed E-state index contributed by atoms with van der Waals surface area (Å²) in [5.74, 6) is -2.63. The lowest BCUT2D eigenvalue weighted by Crippen LogP contribution is -2.55. The number of Topliss-reactive ketones (excluding diaryl/α,β-unsaturated/α-hetero) is 2. The van der Waals surface area contributed by atoms with Gasteiger partial charge >= 0.3 is 12.1 Å². The van der Waals surface area contributed by atoms with Crippen LogP contribution in [0.1, 0.15) is 13.3 Å². The van der Waals surface area contributed by atoms with Crippen LogP contribution in [0.4, 0.5) is 4.79 Å². The maximum absolute atomic E-state index is 13.5. The summed E-state index contributed by atoms with van der Waals surface area (Å²) in [5.41, 5.74) is 10.4. The van der Waals surface area contributed by atoms with Crippen LogP contribution in [0.25, 0.3) is 0 Å². The molecule has 4 aliphatic rings. The summed E-state index contributed by atoms with van der Waals surface area (Å²) in [5, 5.41) is 15.1. The zero-order valence-electron chi connectivity index (χ0n) is 17.1. The number of carbonyl (C=O) groups excluding carboxylic acids is 3. The highest BCUT2D eigenvalue weighted by molar-refractivity contribution is 6.25. The zero-order chi connectivity index (χ0) is 22.7. The number of nitrogens with two attached hydrogens (primary N) is 2. The fourth-order valence-electron chi connectivity index (χ4n) is 4.98. The average Bonchev–Trinajstić information content (AvgIpc) is 3.33. The van der Waals surface area contributed by atoms with Crippen LogP contribution in [0.2, 0.25) is 0 Å². The van der Waals surface area contributed by atoms with E-state index < -0.39 is 35.5 Å². The predicted octanol–water partition coefficient (Wildman–Crippen LogP) is -2.22. The van der Waals surface area contributed by atoms with Gasteiger partial charge in [-0.15, -0.1) is 0 Å². The molecule has 2 fully saturated rings. The van der Waals surface area contributed by atoms with Crippen molar-refractivity contribution in [3.8, 4) is 0 Å².